The van der Waals surface area contributed by atoms with Crippen molar-refractivity contribution >= 4 is 33.5 Å². The van der Waals surface area contributed by atoms with E-state index in [0.29, 0.717) is 0 Å². The number of methoxy groups -OCH3 is 1. The van der Waals surface area contributed by atoms with Crippen molar-refractivity contribution in [3.63, 3.8) is 0 Å². The summed E-state index contributed by atoms with van der Waals surface area (Å²) < 4.78 is 38.1. The van der Waals surface area contributed by atoms with Gasteiger partial charge in [0, 0.05) is 21.4 Å². The SMILES string of the molecule is COC(C)C(=O)OC(CCC(=O)Nc1ccccc1S(=O)(=O)OC)C(C)=O.[HH]. The van der Waals surface area contributed by atoms with Crippen LogP contribution < -0.4 is 5.32 Å². The molecule has 1 amide bonds. The standard InChI is InChI=1S/C17H23NO8S.H2/c1-11(19)14(26-17(21)12(2)24-3)9-10-16(20)18-13-7-5-6-8-15(13)27(22,23)25-4;/h5-8,12,14H,9-10H2,1-4H3,(H,18,20);1H. The molecule has 0 aliphatic carbocycles. The number of Topliss-reactive ketones (excluding diaryl/α,β-unsaturated/α-hetero) is 1. The fourth-order valence-electron chi connectivity index (χ4n) is 2.03. The number of benzene rings is 1. The lowest BCUT2D eigenvalue weighted by Gasteiger charge is -2.17. The zero-order valence-electron chi connectivity index (χ0n) is 15.6. The Kier molecular flexibility index (Phi) is 8.54. The fourth-order valence-corrected chi connectivity index (χ4v) is 2.84. The molecule has 9 nitrogen and oxygen atoms in total. The van der Waals surface area contributed by atoms with Crippen LogP contribution in [0.4, 0.5) is 5.69 Å². The molecule has 1 N–H and O–H groups in total. The number of rotatable bonds is 10. The van der Waals surface area contributed by atoms with Crippen molar-refractivity contribution in [3.8, 4) is 0 Å². The number of anilines is 1. The first-order valence-corrected chi connectivity index (χ1v) is 9.46. The van der Waals surface area contributed by atoms with Gasteiger partial charge in [-0.1, -0.05) is 12.1 Å². The molecular weight excluding hydrogens is 378 g/mol. The average Bonchev–Trinajstić information content (AvgIpc) is 2.64. The van der Waals surface area contributed by atoms with Gasteiger partial charge in [-0.3, -0.25) is 13.8 Å². The molecule has 0 saturated carbocycles. The minimum Gasteiger partial charge on any atom is -0.452 e. The Morgan fingerprint density at radius 1 is 1.19 bits per heavy atom. The molecule has 0 aromatic heterocycles. The molecule has 2 unspecified atom stereocenters. The molecule has 1 rings (SSSR count). The number of hydrogen-bond acceptors (Lipinski definition) is 8. The second-order valence-electron chi connectivity index (χ2n) is 5.62. The zero-order chi connectivity index (χ0) is 20.6. The van der Waals surface area contributed by atoms with Gasteiger partial charge in [0.25, 0.3) is 10.1 Å². The first-order chi connectivity index (χ1) is 12.6. The van der Waals surface area contributed by atoms with E-state index in [2.05, 4.69) is 9.50 Å². The summed E-state index contributed by atoms with van der Waals surface area (Å²) in [7, 11) is -1.66. The van der Waals surface area contributed by atoms with E-state index in [-0.39, 0.29) is 24.9 Å². The lowest BCUT2D eigenvalue weighted by atomic mass is 10.1. The Morgan fingerprint density at radius 3 is 2.37 bits per heavy atom. The van der Waals surface area contributed by atoms with Crippen molar-refractivity contribution in [1.82, 2.24) is 0 Å². The maximum Gasteiger partial charge on any atom is 0.335 e. The van der Waals surface area contributed by atoms with Crippen molar-refractivity contribution in [1.29, 1.82) is 0 Å². The third-order valence-electron chi connectivity index (χ3n) is 3.68. The van der Waals surface area contributed by atoms with Crippen LogP contribution >= 0.6 is 0 Å². The highest BCUT2D eigenvalue weighted by Gasteiger charge is 2.24. The number of para-hydroxylation sites is 1. The molecule has 0 radical (unpaired) electrons. The van der Waals surface area contributed by atoms with Crippen LogP contribution in [0.2, 0.25) is 0 Å². The van der Waals surface area contributed by atoms with Crippen molar-refractivity contribution in [3.05, 3.63) is 24.3 Å². The molecule has 1 aromatic rings. The van der Waals surface area contributed by atoms with E-state index in [0.717, 1.165) is 7.11 Å². The summed E-state index contributed by atoms with van der Waals surface area (Å²) in [4.78, 5) is 35.3. The minimum absolute atomic E-state index is 0. The summed E-state index contributed by atoms with van der Waals surface area (Å²) in [6, 6.07) is 5.74. The van der Waals surface area contributed by atoms with Crippen LogP contribution in [0.1, 0.15) is 28.1 Å². The number of nitrogens with one attached hydrogen (secondary N) is 1. The van der Waals surface area contributed by atoms with Gasteiger partial charge in [-0.2, -0.15) is 8.42 Å². The molecule has 10 heteroatoms. The normalized spacial score (nSPS) is 13.5. The van der Waals surface area contributed by atoms with Crippen LogP contribution in [0.15, 0.2) is 29.2 Å². The Morgan fingerprint density at radius 2 is 1.81 bits per heavy atom. The molecule has 0 bridgehead atoms. The Bertz CT molecular complexity index is 796. The van der Waals surface area contributed by atoms with Gasteiger partial charge in [0.1, 0.15) is 4.90 Å². The van der Waals surface area contributed by atoms with Crippen molar-refractivity contribution < 1.29 is 37.9 Å². The molecule has 152 valence electrons. The van der Waals surface area contributed by atoms with E-state index < -0.39 is 40.0 Å². The van der Waals surface area contributed by atoms with Gasteiger partial charge in [-0.25, -0.2) is 4.79 Å². The Balaban J connectivity index is 0.00000729. The van der Waals surface area contributed by atoms with E-state index in [9.17, 15) is 22.8 Å². The highest BCUT2D eigenvalue weighted by Crippen LogP contribution is 2.22. The summed E-state index contributed by atoms with van der Waals surface area (Å²) in [6.07, 6.45) is -2.16. The quantitative estimate of drug-likeness (QED) is 0.460. The molecule has 27 heavy (non-hydrogen) atoms. The molecule has 1 aromatic carbocycles. The summed E-state index contributed by atoms with van der Waals surface area (Å²) in [5.74, 6) is -1.67. The van der Waals surface area contributed by atoms with Crippen molar-refractivity contribution in [2.24, 2.45) is 0 Å². The van der Waals surface area contributed by atoms with Gasteiger partial charge in [-0.15, -0.1) is 0 Å². The van der Waals surface area contributed by atoms with E-state index in [1.54, 1.807) is 6.07 Å². The van der Waals surface area contributed by atoms with Gasteiger partial charge in [0.2, 0.25) is 5.91 Å². The summed E-state index contributed by atoms with van der Waals surface area (Å²) in [5.41, 5.74) is 0.0497. The topological polar surface area (TPSA) is 125 Å². The highest BCUT2D eigenvalue weighted by atomic mass is 32.2. The number of carbonyl (C=O) groups excluding carboxylic acids is 3. The second kappa shape index (κ2) is 10.1. The molecule has 0 aliphatic heterocycles. The Labute approximate surface area is 159 Å². The molecule has 0 saturated heterocycles. The number of carbonyl (C=O) groups is 3. The van der Waals surface area contributed by atoms with Crippen LogP contribution in [0.3, 0.4) is 0 Å². The van der Waals surface area contributed by atoms with Crippen LogP contribution in [-0.4, -0.2) is 52.5 Å². The Hall–Kier alpha value is -2.30. The van der Waals surface area contributed by atoms with E-state index in [4.69, 9.17) is 9.47 Å². The van der Waals surface area contributed by atoms with E-state index in [1.165, 1.54) is 39.2 Å². The molecule has 0 aliphatic rings. The maximum atomic E-state index is 12.2. The number of hydrogen-bond donors (Lipinski definition) is 1. The monoisotopic (exact) mass is 403 g/mol. The zero-order valence-corrected chi connectivity index (χ0v) is 16.4. The number of esters is 1. The first kappa shape index (κ1) is 22.7. The van der Waals surface area contributed by atoms with Crippen molar-refractivity contribution in [2.75, 3.05) is 19.5 Å². The largest absolute Gasteiger partial charge is 0.452 e. The lowest BCUT2D eigenvalue weighted by molar-refractivity contribution is -0.164. The second-order valence-corrected chi connectivity index (χ2v) is 7.30. The van der Waals surface area contributed by atoms with Crippen LogP contribution in [0.5, 0.6) is 0 Å². The molecular formula is C17H25NO8S. The molecule has 2 atom stereocenters. The first-order valence-electron chi connectivity index (χ1n) is 8.05. The van der Waals surface area contributed by atoms with E-state index in [1.807, 2.05) is 0 Å². The molecule has 0 heterocycles. The van der Waals surface area contributed by atoms with Gasteiger partial charge >= 0.3 is 5.97 Å². The summed E-state index contributed by atoms with van der Waals surface area (Å²) >= 11 is 0. The van der Waals surface area contributed by atoms with Gasteiger partial charge in [-0.05, 0) is 26.0 Å². The summed E-state index contributed by atoms with van der Waals surface area (Å²) in [6.45, 7) is 2.72. The predicted molar refractivity (Wildman–Crippen MR) is 97.6 cm³/mol. The third kappa shape index (κ3) is 6.74. The molecule has 0 spiro atoms. The number of ether oxygens (including phenoxy) is 2. The number of amides is 1. The van der Waals surface area contributed by atoms with Crippen LogP contribution in [-0.2, 0) is 38.2 Å². The molecule has 0 fully saturated rings. The van der Waals surface area contributed by atoms with Gasteiger partial charge in [0.15, 0.2) is 18.0 Å². The fraction of sp³-hybridized carbons (Fsp3) is 0.471. The highest BCUT2D eigenvalue weighted by molar-refractivity contribution is 7.87. The van der Waals surface area contributed by atoms with Crippen molar-refractivity contribution in [2.45, 2.75) is 43.8 Å². The third-order valence-corrected chi connectivity index (χ3v) is 5.01. The maximum absolute atomic E-state index is 12.2. The van der Waals surface area contributed by atoms with Gasteiger partial charge < -0.3 is 14.8 Å². The lowest BCUT2D eigenvalue weighted by Crippen LogP contribution is -2.32. The average molecular weight is 403 g/mol. The number of ketones is 1. The van der Waals surface area contributed by atoms with Crippen LogP contribution in [0, 0.1) is 0 Å². The summed E-state index contributed by atoms with van der Waals surface area (Å²) in [5, 5.41) is 2.46. The predicted octanol–water partition coefficient (Wildman–Crippen LogP) is 1.52. The minimum atomic E-state index is -4.00. The van der Waals surface area contributed by atoms with E-state index >= 15 is 0 Å². The van der Waals surface area contributed by atoms with Crippen LogP contribution in [0.25, 0.3) is 0 Å². The smallest absolute Gasteiger partial charge is 0.335 e. The van der Waals surface area contributed by atoms with Gasteiger partial charge in [0.05, 0.1) is 12.8 Å².